The summed E-state index contributed by atoms with van der Waals surface area (Å²) in [6.45, 7) is 0.598. The standard InChI is InChI=1S/C22H23N3O2/c26-21(23-12-11-17-14-24-20-8-4-2-6-18(17)20)10-9-16-13-15-5-1-3-7-19(15)25-22(16)27/h1-8,14,16,24H,9-13H2,(H,23,26)(H,25,27). The molecule has 0 spiro atoms. The van der Waals surface area contributed by atoms with Crippen molar-refractivity contribution in [3.05, 3.63) is 65.9 Å². The number of carbonyl (C=O) groups excluding carboxylic acids is 2. The maximum absolute atomic E-state index is 12.2. The summed E-state index contributed by atoms with van der Waals surface area (Å²) in [5.41, 5.74) is 4.35. The fraction of sp³-hybridized carbons (Fsp3) is 0.273. The zero-order chi connectivity index (χ0) is 18.6. The number of hydrogen-bond donors (Lipinski definition) is 3. The van der Waals surface area contributed by atoms with E-state index in [4.69, 9.17) is 0 Å². The minimum atomic E-state index is -0.140. The molecule has 0 fully saturated rings. The Morgan fingerprint density at radius 3 is 2.85 bits per heavy atom. The quantitative estimate of drug-likeness (QED) is 0.629. The molecular weight excluding hydrogens is 338 g/mol. The van der Waals surface area contributed by atoms with Crippen LogP contribution < -0.4 is 10.6 Å². The molecule has 0 aliphatic carbocycles. The average molecular weight is 361 g/mol. The topological polar surface area (TPSA) is 74.0 Å². The number of amides is 2. The molecule has 5 nitrogen and oxygen atoms in total. The number of rotatable bonds is 6. The van der Waals surface area contributed by atoms with E-state index >= 15 is 0 Å². The Labute approximate surface area is 158 Å². The van der Waals surface area contributed by atoms with Gasteiger partial charge in [0.2, 0.25) is 11.8 Å². The summed E-state index contributed by atoms with van der Waals surface area (Å²) in [6, 6.07) is 16.0. The summed E-state index contributed by atoms with van der Waals surface area (Å²) in [6.07, 6.45) is 4.42. The molecule has 138 valence electrons. The highest BCUT2D eigenvalue weighted by molar-refractivity contribution is 5.96. The predicted molar refractivity (Wildman–Crippen MR) is 107 cm³/mol. The number of H-pyrrole nitrogens is 1. The van der Waals surface area contributed by atoms with Gasteiger partial charge in [-0.25, -0.2) is 0 Å². The normalized spacial score (nSPS) is 16.0. The van der Waals surface area contributed by atoms with Crippen LogP contribution in [0.5, 0.6) is 0 Å². The Morgan fingerprint density at radius 1 is 1.11 bits per heavy atom. The minimum Gasteiger partial charge on any atom is -0.361 e. The smallest absolute Gasteiger partial charge is 0.227 e. The van der Waals surface area contributed by atoms with Gasteiger partial charge in [0.1, 0.15) is 0 Å². The molecule has 0 radical (unpaired) electrons. The van der Waals surface area contributed by atoms with Gasteiger partial charge in [-0.05, 0) is 42.5 Å². The highest BCUT2D eigenvalue weighted by Gasteiger charge is 2.26. The van der Waals surface area contributed by atoms with Gasteiger partial charge in [0, 0.05) is 41.7 Å². The molecule has 1 aromatic heterocycles. The van der Waals surface area contributed by atoms with Crippen LogP contribution in [0.2, 0.25) is 0 Å². The summed E-state index contributed by atoms with van der Waals surface area (Å²) in [5.74, 6) is -0.124. The lowest BCUT2D eigenvalue weighted by molar-refractivity contribution is -0.122. The molecule has 5 heteroatoms. The van der Waals surface area contributed by atoms with Crippen molar-refractivity contribution in [1.82, 2.24) is 10.3 Å². The van der Waals surface area contributed by atoms with Crippen molar-refractivity contribution < 1.29 is 9.59 Å². The van der Waals surface area contributed by atoms with Crippen molar-refractivity contribution in [3.8, 4) is 0 Å². The molecule has 27 heavy (non-hydrogen) atoms. The van der Waals surface area contributed by atoms with E-state index in [0.717, 1.165) is 23.2 Å². The van der Waals surface area contributed by atoms with E-state index < -0.39 is 0 Å². The molecule has 0 saturated carbocycles. The van der Waals surface area contributed by atoms with Gasteiger partial charge in [-0.1, -0.05) is 36.4 Å². The van der Waals surface area contributed by atoms with Crippen LogP contribution in [-0.2, 0) is 22.4 Å². The van der Waals surface area contributed by atoms with Gasteiger partial charge in [-0.3, -0.25) is 9.59 Å². The summed E-state index contributed by atoms with van der Waals surface area (Å²) >= 11 is 0. The van der Waals surface area contributed by atoms with Gasteiger partial charge in [0.15, 0.2) is 0 Å². The van der Waals surface area contributed by atoms with Crippen LogP contribution >= 0.6 is 0 Å². The molecule has 3 aromatic rings. The Hall–Kier alpha value is -3.08. The Bertz CT molecular complexity index is 976. The van der Waals surface area contributed by atoms with Crippen LogP contribution in [0.25, 0.3) is 10.9 Å². The maximum Gasteiger partial charge on any atom is 0.227 e. The molecule has 0 bridgehead atoms. The zero-order valence-corrected chi connectivity index (χ0v) is 15.1. The average Bonchev–Trinajstić information content (AvgIpc) is 3.09. The first-order chi connectivity index (χ1) is 13.2. The Balaban J connectivity index is 1.25. The van der Waals surface area contributed by atoms with Gasteiger partial charge in [0.25, 0.3) is 0 Å². The summed E-state index contributed by atoms with van der Waals surface area (Å²) < 4.78 is 0. The molecule has 2 amide bonds. The van der Waals surface area contributed by atoms with Crippen molar-refractivity contribution in [1.29, 1.82) is 0 Å². The molecule has 1 atom stereocenters. The van der Waals surface area contributed by atoms with Gasteiger partial charge in [-0.2, -0.15) is 0 Å². The van der Waals surface area contributed by atoms with Crippen LogP contribution in [0, 0.1) is 5.92 Å². The fourth-order valence-electron chi connectivity index (χ4n) is 3.72. The number of hydrogen-bond acceptors (Lipinski definition) is 2. The van der Waals surface area contributed by atoms with Crippen molar-refractivity contribution in [2.24, 2.45) is 5.92 Å². The third kappa shape index (κ3) is 3.87. The fourth-order valence-corrected chi connectivity index (χ4v) is 3.72. The molecule has 2 aromatic carbocycles. The van der Waals surface area contributed by atoms with Gasteiger partial charge < -0.3 is 15.6 Å². The van der Waals surface area contributed by atoms with E-state index in [0.29, 0.717) is 25.8 Å². The number of anilines is 1. The lowest BCUT2D eigenvalue weighted by Crippen LogP contribution is -2.32. The second-order valence-corrected chi connectivity index (χ2v) is 7.05. The van der Waals surface area contributed by atoms with Crippen molar-refractivity contribution >= 4 is 28.4 Å². The van der Waals surface area contributed by atoms with E-state index in [1.54, 1.807) is 0 Å². The summed E-state index contributed by atoms with van der Waals surface area (Å²) in [4.78, 5) is 27.6. The van der Waals surface area contributed by atoms with Crippen molar-refractivity contribution in [2.75, 3.05) is 11.9 Å². The zero-order valence-electron chi connectivity index (χ0n) is 15.1. The van der Waals surface area contributed by atoms with E-state index in [-0.39, 0.29) is 17.7 Å². The summed E-state index contributed by atoms with van der Waals surface area (Å²) in [5, 5.41) is 7.11. The molecule has 2 heterocycles. The molecule has 1 unspecified atom stereocenters. The first kappa shape index (κ1) is 17.3. The van der Waals surface area contributed by atoms with E-state index in [2.05, 4.69) is 21.7 Å². The lowest BCUT2D eigenvalue weighted by atomic mass is 9.89. The van der Waals surface area contributed by atoms with E-state index in [1.807, 2.05) is 48.7 Å². The third-order valence-corrected chi connectivity index (χ3v) is 5.22. The monoisotopic (exact) mass is 361 g/mol. The Morgan fingerprint density at radius 2 is 1.93 bits per heavy atom. The second kappa shape index (κ2) is 7.66. The van der Waals surface area contributed by atoms with Crippen LogP contribution in [0.3, 0.4) is 0 Å². The molecule has 0 saturated heterocycles. The second-order valence-electron chi connectivity index (χ2n) is 7.05. The van der Waals surface area contributed by atoms with E-state index in [9.17, 15) is 9.59 Å². The number of fused-ring (bicyclic) bond motifs is 2. The van der Waals surface area contributed by atoms with E-state index in [1.165, 1.54) is 10.9 Å². The number of nitrogens with one attached hydrogen (secondary N) is 3. The molecule has 1 aliphatic rings. The van der Waals surface area contributed by atoms with Gasteiger partial charge in [-0.15, -0.1) is 0 Å². The number of para-hydroxylation sites is 2. The third-order valence-electron chi connectivity index (χ3n) is 5.22. The number of aromatic amines is 1. The molecule has 1 aliphatic heterocycles. The van der Waals surface area contributed by atoms with Crippen LogP contribution in [0.4, 0.5) is 5.69 Å². The lowest BCUT2D eigenvalue weighted by Gasteiger charge is -2.24. The van der Waals surface area contributed by atoms with Gasteiger partial charge in [0.05, 0.1) is 0 Å². The highest BCUT2D eigenvalue weighted by Crippen LogP contribution is 2.27. The number of benzene rings is 2. The van der Waals surface area contributed by atoms with Crippen molar-refractivity contribution in [2.45, 2.75) is 25.7 Å². The van der Waals surface area contributed by atoms with Crippen molar-refractivity contribution in [3.63, 3.8) is 0 Å². The molecule has 3 N–H and O–H groups in total. The first-order valence-corrected chi connectivity index (χ1v) is 9.41. The van der Waals surface area contributed by atoms with Crippen LogP contribution in [0.15, 0.2) is 54.7 Å². The summed E-state index contributed by atoms with van der Waals surface area (Å²) in [7, 11) is 0. The minimum absolute atomic E-state index is 0.00139. The highest BCUT2D eigenvalue weighted by atomic mass is 16.2. The van der Waals surface area contributed by atoms with Crippen LogP contribution in [0.1, 0.15) is 24.0 Å². The largest absolute Gasteiger partial charge is 0.361 e. The van der Waals surface area contributed by atoms with Crippen LogP contribution in [-0.4, -0.2) is 23.3 Å². The SMILES string of the molecule is O=C(CCC1Cc2ccccc2NC1=O)NCCc1c[nH]c2ccccc12. The molecular formula is C22H23N3O2. The Kier molecular flexibility index (Phi) is 4.92. The predicted octanol–water partition coefficient (Wildman–Crippen LogP) is 3.42. The number of carbonyl (C=O) groups is 2. The van der Waals surface area contributed by atoms with Gasteiger partial charge >= 0.3 is 0 Å². The number of aromatic nitrogens is 1. The maximum atomic E-state index is 12.2. The first-order valence-electron chi connectivity index (χ1n) is 9.41. The molecule has 4 rings (SSSR count).